The van der Waals surface area contributed by atoms with Crippen LogP contribution in [0.2, 0.25) is 5.02 Å². The summed E-state index contributed by atoms with van der Waals surface area (Å²) in [6.07, 6.45) is 0. The molecule has 3 rings (SSSR count). The van der Waals surface area contributed by atoms with Crippen molar-refractivity contribution in [1.82, 2.24) is 15.1 Å². The Labute approximate surface area is 177 Å². The lowest BCUT2D eigenvalue weighted by Gasteiger charge is -2.26. The van der Waals surface area contributed by atoms with Gasteiger partial charge in [0.1, 0.15) is 12.4 Å². The molecule has 2 aromatic carbocycles. The normalized spacial score (nSPS) is 14.4. The number of morpholine rings is 1. The lowest BCUT2D eigenvalue weighted by molar-refractivity contribution is 0.0342. The lowest BCUT2D eigenvalue weighted by Crippen LogP contribution is -2.39. The molecule has 0 atom stereocenters. The second kappa shape index (κ2) is 11.0. The van der Waals surface area contributed by atoms with E-state index in [1.807, 2.05) is 24.3 Å². The number of rotatable bonds is 8. The number of nitrogens with zero attached hydrogens (tertiary/aromatic N) is 2. The summed E-state index contributed by atoms with van der Waals surface area (Å²) < 4.78 is 11.0. The third-order valence-corrected chi connectivity index (χ3v) is 5.02. The number of nitrogens with one attached hydrogen (secondary N) is 1. The third-order valence-electron chi connectivity index (χ3n) is 4.78. The first-order valence-electron chi connectivity index (χ1n) is 9.85. The fraction of sp³-hybridized carbons (Fsp3) is 0.409. The zero-order chi connectivity index (χ0) is 20.5. The van der Waals surface area contributed by atoms with Crippen molar-refractivity contribution in [1.29, 1.82) is 0 Å². The van der Waals surface area contributed by atoms with E-state index in [0.717, 1.165) is 38.4 Å². The van der Waals surface area contributed by atoms with Crippen molar-refractivity contribution in [3.8, 4) is 5.75 Å². The van der Waals surface area contributed by atoms with Crippen LogP contribution in [0.1, 0.15) is 11.1 Å². The molecule has 2 aromatic rings. The van der Waals surface area contributed by atoms with E-state index in [0.29, 0.717) is 30.5 Å². The molecule has 1 aliphatic heterocycles. The maximum Gasteiger partial charge on any atom is 0.317 e. The van der Waals surface area contributed by atoms with Crippen molar-refractivity contribution in [2.24, 2.45) is 0 Å². The van der Waals surface area contributed by atoms with E-state index in [2.05, 4.69) is 22.3 Å². The van der Waals surface area contributed by atoms with Gasteiger partial charge in [-0.2, -0.15) is 0 Å². The number of hydrogen-bond acceptors (Lipinski definition) is 4. The van der Waals surface area contributed by atoms with E-state index in [1.165, 1.54) is 5.56 Å². The predicted octanol–water partition coefficient (Wildman–Crippen LogP) is 3.39. The molecule has 1 heterocycles. The van der Waals surface area contributed by atoms with Crippen LogP contribution in [0.4, 0.5) is 4.79 Å². The zero-order valence-electron chi connectivity index (χ0n) is 16.8. The van der Waals surface area contributed by atoms with Crippen LogP contribution < -0.4 is 10.1 Å². The minimum Gasteiger partial charge on any atom is -0.492 e. The van der Waals surface area contributed by atoms with Crippen LogP contribution >= 0.6 is 11.6 Å². The Balaban J connectivity index is 1.40. The summed E-state index contributed by atoms with van der Waals surface area (Å²) in [5.74, 6) is 0.698. The Morgan fingerprint density at radius 1 is 1.17 bits per heavy atom. The number of urea groups is 1. The fourth-order valence-electron chi connectivity index (χ4n) is 3.13. The summed E-state index contributed by atoms with van der Waals surface area (Å²) in [6.45, 7) is 5.80. The summed E-state index contributed by atoms with van der Waals surface area (Å²) >= 11 is 5.94. The fourth-order valence-corrected chi connectivity index (χ4v) is 3.31. The Kier molecular flexibility index (Phi) is 8.16. The number of hydrogen-bond donors (Lipinski definition) is 1. The van der Waals surface area contributed by atoms with Crippen molar-refractivity contribution >= 4 is 17.6 Å². The second-order valence-corrected chi connectivity index (χ2v) is 7.53. The third kappa shape index (κ3) is 7.24. The standard InChI is InChI=1S/C22H28ClN3O3/c1-25(8-13-29-21-7-3-6-20(23)15-21)22(27)24-16-18-4-2-5-19(14-18)17-26-9-11-28-12-10-26/h2-7,14-15H,8-13,16-17H2,1H3,(H,24,27). The van der Waals surface area contributed by atoms with Gasteiger partial charge < -0.3 is 19.7 Å². The summed E-state index contributed by atoms with van der Waals surface area (Å²) in [4.78, 5) is 16.3. The van der Waals surface area contributed by atoms with Gasteiger partial charge in [0.25, 0.3) is 0 Å². The van der Waals surface area contributed by atoms with Crippen LogP contribution in [0.5, 0.6) is 5.75 Å². The van der Waals surface area contributed by atoms with Gasteiger partial charge in [0.15, 0.2) is 0 Å². The summed E-state index contributed by atoms with van der Waals surface area (Å²) in [7, 11) is 1.76. The topological polar surface area (TPSA) is 54.0 Å². The molecule has 1 saturated heterocycles. The molecule has 1 N–H and O–H groups in total. The molecule has 0 bridgehead atoms. The Morgan fingerprint density at radius 3 is 2.72 bits per heavy atom. The molecular formula is C22H28ClN3O3. The Bertz CT molecular complexity index is 796. The average Bonchev–Trinajstić information content (AvgIpc) is 2.73. The van der Waals surface area contributed by atoms with E-state index in [1.54, 1.807) is 24.1 Å². The van der Waals surface area contributed by atoms with Crippen LogP contribution in [0, 0.1) is 0 Å². The molecule has 0 saturated carbocycles. The van der Waals surface area contributed by atoms with Gasteiger partial charge in [-0.25, -0.2) is 4.79 Å². The van der Waals surface area contributed by atoms with Crippen LogP contribution in [0.3, 0.4) is 0 Å². The molecule has 6 nitrogen and oxygen atoms in total. The molecule has 0 aliphatic carbocycles. The van der Waals surface area contributed by atoms with E-state index in [4.69, 9.17) is 21.1 Å². The molecule has 0 spiro atoms. The van der Waals surface area contributed by atoms with Crippen molar-refractivity contribution < 1.29 is 14.3 Å². The van der Waals surface area contributed by atoms with E-state index in [9.17, 15) is 4.79 Å². The molecule has 1 aliphatic rings. The molecule has 2 amide bonds. The first kappa shape index (κ1) is 21.4. The van der Waals surface area contributed by atoms with E-state index >= 15 is 0 Å². The highest BCUT2D eigenvalue weighted by Gasteiger charge is 2.12. The summed E-state index contributed by atoms with van der Waals surface area (Å²) in [5.41, 5.74) is 2.34. The zero-order valence-corrected chi connectivity index (χ0v) is 17.5. The van der Waals surface area contributed by atoms with E-state index < -0.39 is 0 Å². The summed E-state index contributed by atoms with van der Waals surface area (Å²) in [6, 6.07) is 15.5. The second-order valence-electron chi connectivity index (χ2n) is 7.09. The first-order chi connectivity index (χ1) is 14.1. The minimum atomic E-state index is -0.127. The number of ether oxygens (including phenoxy) is 2. The number of carbonyl (C=O) groups excluding carboxylic acids is 1. The molecule has 29 heavy (non-hydrogen) atoms. The van der Waals surface area contributed by atoms with Gasteiger partial charge in [-0.05, 0) is 29.3 Å². The van der Waals surface area contributed by atoms with Crippen molar-refractivity contribution in [2.75, 3.05) is 46.5 Å². The Morgan fingerprint density at radius 2 is 1.93 bits per heavy atom. The molecule has 0 aromatic heterocycles. The SMILES string of the molecule is CN(CCOc1cccc(Cl)c1)C(=O)NCc1cccc(CN2CCOCC2)c1. The molecule has 7 heteroatoms. The van der Waals surface area contributed by atoms with E-state index in [-0.39, 0.29) is 6.03 Å². The minimum absolute atomic E-state index is 0.127. The number of amides is 2. The maximum absolute atomic E-state index is 12.3. The quantitative estimate of drug-likeness (QED) is 0.715. The van der Waals surface area contributed by atoms with Crippen LogP contribution in [-0.2, 0) is 17.8 Å². The lowest BCUT2D eigenvalue weighted by atomic mass is 10.1. The van der Waals surface area contributed by atoms with Crippen LogP contribution in [-0.4, -0.2) is 62.3 Å². The van der Waals surface area contributed by atoms with Gasteiger partial charge in [-0.3, -0.25) is 4.90 Å². The van der Waals surface area contributed by atoms with Crippen molar-refractivity contribution in [2.45, 2.75) is 13.1 Å². The molecule has 1 fully saturated rings. The number of carbonyl (C=O) groups is 1. The molecule has 0 radical (unpaired) electrons. The number of likely N-dealkylation sites (N-methyl/N-ethyl adjacent to an activating group) is 1. The smallest absolute Gasteiger partial charge is 0.317 e. The van der Waals surface area contributed by atoms with Gasteiger partial charge >= 0.3 is 6.03 Å². The number of benzene rings is 2. The predicted molar refractivity (Wildman–Crippen MR) is 114 cm³/mol. The molecule has 0 unspecified atom stereocenters. The van der Waals surface area contributed by atoms with Gasteiger partial charge in [-0.15, -0.1) is 0 Å². The highest BCUT2D eigenvalue weighted by Crippen LogP contribution is 2.17. The van der Waals surface area contributed by atoms with Crippen molar-refractivity contribution in [3.05, 3.63) is 64.7 Å². The highest BCUT2D eigenvalue weighted by molar-refractivity contribution is 6.30. The monoisotopic (exact) mass is 417 g/mol. The summed E-state index contributed by atoms with van der Waals surface area (Å²) in [5, 5.41) is 3.59. The largest absolute Gasteiger partial charge is 0.492 e. The average molecular weight is 418 g/mol. The maximum atomic E-state index is 12.3. The first-order valence-corrected chi connectivity index (χ1v) is 10.2. The Hall–Kier alpha value is -2.28. The van der Waals surface area contributed by atoms with Crippen LogP contribution in [0.15, 0.2) is 48.5 Å². The number of halogens is 1. The highest BCUT2D eigenvalue weighted by atomic mass is 35.5. The molecule has 156 valence electrons. The van der Waals surface area contributed by atoms with Crippen molar-refractivity contribution in [3.63, 3.8) is 0 Å². The van der Waals surface area contributed by atoms with Gasteiger partial charge in [0.2, 0.25) is 0 Å². The molecular weight excluding hydrogens is 390 g/mol. The van der Waals surface area contributed by atoms with Crippen LogP contribution in [0.25, 0.3) is 0 Å². The van der Waals surface area contributed by atoms with Gasteiger partial charge in [0.05, 0.1) is 19.8 Å². The van der Waals surface area contributed by atoms with Gasteiger partial charge in [0, 0.05) is 38.2 Å². The van der Waals surface area contributed by atoms with Gasteiger partial charge in [-0.1, -0.05) is 41.9 Å².